The first-order valence-corrected chi connectivity index (χ1v) is 10.9. The summed E-state index contributed by atoms with van der Waals surface area (Å²) in [7, 11) is -3.68. The molecule has 0 aliphatic carbocycles. The number of amides is 1. The molecule has 0 radical (unpaired) electrons. The van der Waals surface area contributed by atoms with Gasteiger partial charge in [0.05, 0.1) is 23.5 Å². The van der Waals surface area contributed by atoms with Gasteiger partial charge in [-0.05, 0) is 31.2 Å². The highest BCUT2D eigenvalue weighted by atomic mass is 35.5. The second-order valence-corrected chi connectivity index (χ2v) is 8.55. The Bertz CT molecular complexity index is 1100. The van der Waals surface area contributed by atoms with Crippen LogP contribution in [-0.2, 0) is 21.4 Å². The van der Waals surface area contributed by atoms with Crippen LogP contribution in [0.15, 0.2) is 59.1 Å². The van der Waals surface area contributed by atoms with Crippen LogP contribution in [0.3, 0.4) is 0 Å². The van der Waals surface area contributed by atoms with Gasteiger partial charge in [-0.3, -0.25) is 9.10 Å². The second-order valence-electron chi connectivity index (χ2n) is 6.28. The largest absolute Gasteiger partial charge is 0.345 e. The van der Waals surface area contributed by atoms with Gasteiger partial charge in [-0.2, -0.15) is 4.98 Å². The fourth-order valence-electron chi connectivity index (χ4n) is 2.77. The Morgan fingerprint density at radius 3 is 2.48 bits per heavy atom. The van der Waals surface area contributed by atoms with Crippen LogP contribution in [0.5, 0.6) is 0 Å². The predicted octanol–water partition coefficient (Wildman–Crippen LogP) is 2.86. The van der Waals surface area contributed by atoms with E-state index in [2.05, 4.69) is 15.5 Å². The van der Waals surface area contributed by atoms with Gasteiger partial charge in [-0.15, -0.1) is 0 Å². The van der Waals surface area contributed by atoms with Gasteiger partial charge in [0.2, 0.25) is 27.6 Å². The Kier molecular flexibility index (Phi) is 6.19. The molecule has 10 heteroatoms. The number of hydrogen-bond acceptors (Lipinski definition) is 6. The maximum atomic E-state index is 12.6. The van der Waals surface area contributed by atoms with Crippen molar-refractivity contribution in [3.05, 3.63) is 65.5 Å². The standard InChI is InChI=1S/C19H19ClN4O4S/c1-13(24(29(2,26)27)14-8-4-3-5-9-14)19(25)21-12-17-22-18(23-28-17)15-10-6-7-11-16(15)20/h3-11,13H,12H2,1-2H3,(H,21,25)/t13-/m0/s1. The molecule has 0 spiro atoms. The Balaban J connectivity index is 1.71. The lowest BCUT2D eigenvalue weighted by Gasteiger charge is -2.28. The third kappa shape index (κ3) is 4.93. The first-order chi connectivity index (χ1) is 13.8. The van der Waals surface area contributed by atoms with Crippen LogP contribution in [0.4, 0.5) is 5.69 Å². The minimum absolute atomic E-state index is 0.0486. The summed E-state index contributed by atoms with van der Waals surface area (Å²) >= 11 is 6.12. The lowest BCUT2D eigenvalue weighted by Crippen LogP contribution is -2.47. The Morgan fingerprint density at radius 1 is 1.17 bits per heavy atom. The first-order valence-electron chi connectivity index (χ1n) is 8.67. The summed E-state index contributed by atoms with van der Waals surface area (Å²) in [6.07, 6.45) is 1.05. The maximum absolute atomic E-state index is 12.6. The van der Waals surface area contributed by atoms with Crippen molar-refractivity contribution >= 4 is 33.2 Å². The molecular weight excluding hydrogens is 416 g/mol. The van der Waals surface area contributed by atoms with Crippen LogP contribution in [-0.4, -0.2) is 36.8 Å². The van der Waals surface area contributed by atoms with Crippen molar-refractivity contribution < 1.29 is 17.7 Å². The maximum Gasteiger partial charge on any atom is 0.246 e. The summed E-state index contributed by atoms with van der Waals surface area (Å²) < 4.78 is 30.7. The van der Waals surface area contributed by atoms with Crippen LogP contribution in [0.2, 0.25) is 5.02 Å². The molecule has 1 heterocycles. The third-order valence-electron chi connectivity index (χ3n) is 4.10. The molecule has 0 aliphatic rings. The molecule has 1 amide bonds. The molecule has 3 aromatic rings. The van der Waals surface area contributed by atoms with Gasteiger partial charge >= 0.3 is 0 Å². The monoisotopic (exact) mass is 434 g/mol. The van der Waals surface area contributed by atoms with E-state index in [4.69, 9.17) is 16.1 Å². The van der Waals surface area contributed by atoms with Crippen molar-refractivity contribution in [2.75, 3.05) is 10.6 Å². The summed E-state index contributed by atoms with van der Waals surface area (Å²) in [6.45, 7) is 1.46. The van der Waals surface area contributed by atoms with Crippen molar-refractivity contribution in [2.45, 2.75) is 19.5 Å². The summed E-state index contributed by atoms with van der Waals surface area (Å²) in [5.41, 5.74) is 1.01. The van der Waals surface area contributed by atoms with Crippen LogP contribution < -0.4 is 9.62 Å². The number of carbonyl (C=O) groups excluding carboxylic acids is 1. The summed E-state index contributed by atoms with van der Waals surface area (Å²) in [5, 5.41) is 6.97. The Labute approximate surface area is 173 Å². The number of nitrogens with one attached hydrogen (secondary N) is 1. The molecule has 2 aromatic carbocycles. The van der Waals surface area contributed by atoms with Crippen LogP contribution in [0.1, 0.15) is 12.8 Å². The number of carbonyl (C=O) groups is 1. The summed E-state index contributed by atoms with van der Waals surface area (Å²) in [5.74, 6) is -0.0298. The van der Waals surface area contributed by atoms with E-state index in [-0.39, 0.29) is 12.4 Å². The zero-order chi connectivity index (χ0) is 21.0. The molecule has 0 saturated carbocycles. The zero-order valence-corrected chi connectivity index (χ0v) is 17.3. The first kappa shape index (κ1) is 20.8. The molecule has 8 nitrogen and oxygen atoms in total. The van der Waals surface area contributed by atoms with E-state index in [1.807, 2.05) is 0 Å². The summed E-state index contributed by atoms with van der Waals surface area (Å²) in [4.78, 5) is 16.8. The average molecular weight is 435 g/mol. The van der Waals surface area contributed by atoms with Gasteiger partial charge in [0.15, 0.2) is 0 Å². The van der Waals surface area contributed by atoms with Crippen molar-refractivity contribution in [1.82, 2.24) is 15.5 Å². The number of para-hydroxylation sites is 1. The average Bonchev–Trinajstić information content (AvgIpc) is 3.15. The van der Waals surface area contributed by atoms with E-state index >= 15 is 0 Å². The molecule has 0 unspecified atom stereocenters. The zero-order valence-electron chi connectivity index (χ0n) is 15.7. The van der Waals surface area contributed by atoms with E-state index in [0.717, 1.165) is 10.6 Å². The summed E-state index contributed by atoms with van der Waals surface area (Å²) in [6, 6.07) is 14.5. The molecule has 152 valence electrons. The normalized spacial score (nSPS) is 12.4. The third-order valence-corrected chi connectivity index (χ3v) is 5.67. The molecule has 0 aliphatic heterocycles. The topological polar surface area (TPSA) is 105 Å². The lowest BCUT2D eigenvalue weighted by atomic mass is 10.2. The molecule has 0 fully saturated rings. The molecule has 0 saturated heterocycles. The second kappa shape index (κ2) is 8.62. The Hall–Kier alpha value is -2.91. The number of anilines is 1. The fourth-order valence-corrected chi connectivity index (χ4v) is 4.17. The van der Waals surface area contributed by atoms with Crippen LogP contribution in [0.25, 0.3) is 11.4 Å². The highest BCUT2D eigenvalue weighted by molar-refractivity contribution is 7.92. The molecule has 3 rings (SSSR count). The molecule has 29 heavy (non-hydrogen) atoms. The number of benzene rings is 2. The van der Waals surface area contributed by atoms with Gasteiger partial charge in [0.25, 0.3) is 0 Å². The predicted molar refractivity (Wildman–Crippen MR) is 110 cm³/mol. The number of aromatic nitrogens is 2. The number of sulfonamides is 1. The van der Waals surface area contributed by atoms with Crippen LogP contribution in [0, 0.1) is 0 Å². The van der Waals surface area contributed by atoms with Crippen molar-refractivity contribution in [3.8, 4) is 11.4 Å². The van der Waals surface area contributed by atoms with E-state index in [9.17, 15) is 13.2 Å². The molecule has 1 atom stereocenters. The lowest BCUT2D eigenvalue weighted by molar-refractivity contribution is -0.122. The number of hydrogen-bond donors (Lipinski definition) is 1. The quantitative estimate of drug-likeness (QED) is 0.613. The molecule has 1 aromatic heterocycles. The number of nitrogens with zero attached hydrogens (tertiary/aromatic N) is 3. The highest BCUT2D eigenvalue weighted by Crippen LogP contribution is 2.25. The minimum atomic E-state index is -3.68. The minimum Gasteiger partial charge on any atom is -0.345 e. The van der Waals surface area contributed by atoms with Gasteiger partial charge < -0.3 is 9.84 Å². The van der Waals surface area contributed by atoms with Crippen molar-refractivity contribution in [3.63, 3.8) is 0 Å². The van der Waals surface area contributed by atoms with Crippen LogP contribution >= 0.6 is 11.6 Å². The van der Waals surface area contributed by atoms with E-state index in [1.54, 1.807) is 54.6 Å². The number of rotatable bonds is 7. The smallest absolute Gasteiger partial charge is 0.246 e. The molecule has 1 N–H and O–H groups in total. The van der Waals surface area contributed by atoms with Crippen molar-refractivity contribution in [1.29, 1.82) is 0 Å². The highest BCUT2D eigenvalue weighted by Gasteiger charge is 2.29. The van der Waals surface area contributed by atoms with Gasteiger partial charge in [-0.1, -0.05) is 47.1 Å². The van der Waals surface area contributed by atoms with E-state index < -0.39 is 22.0 Å². The van der Waals surface area contributed by atoms with Crippen molar-refractivity contribution in [2.24, 2.45) is 0 Å². The van der Waals surface area contributed by atoms with Gasteiger partial charge in [-0.25, -0.2) is 8.42 Å². The van der Waals surface area contributed by atoms with E-state index in [1.165, 1.54) is 6.92 Å². The number of halogens is 1. The SMILES string of the molecule is C[C@@H](C(=O)NCc1nc(-c2ccccc2Cl)no1)N(c1ccccc1)S(C)(=O)=O. The fraction of sp³-hybridized carbons (Fsp3) is 0.211. The van der Waals surface area contributed by atoms with Gasteiger partial charge in [0.1, 0.15) is 6.04 Å². The van der Waals surface area contributed by atoms with Gasteiger partial charge in [0, 0.05) is 5.56 Å². The molecule has 0 bridgehead atoms. The Morgan fingerprint density at radius 2 is 1.83 bits per heavy atom. The molecular formula is C19H19ClN4O4S. The van der Waals surface area contributed by atoms with E-state index in [0.29, 0.717) is 22.1 Å².